The van der Waals surface area contributed by atoms with Gasteiger partial charge in [-0.05, 0) is 31.0 Å². The van der Waals surface area contributed by atoms with E-state index in [-0.39, 0.29) is 24.0 Å². The number of amides is 1. The van der Waals surface area contributed by atoms with Gasteiger partial charge in [-0.2, -0.15) is 5.10 Å². The number of rotatable bonds is 4. The van der Waals surface area contributed by atoms with Crippen molar-refractivity contribution in [2.75, 3.05) is 27.9 Å². The molecule has 3 fully saturated rings. The van der Waals surface area contributed by atoms with Crippen molar-refractivity contribution in [2.24, 2.45) is 0 Å². The van der Waals surface area contributed by atoms with Gasteiger partial charge in [-0.15, -0.1) is 0 Å². The zero-order chi connectivity index (χ0) is 19.3. The Morgan fingerprint density at radius 3 is 2.71 bits per heavy atom. The van der Waals surface area contributed by atoms with Crippen molar-refractivity contribution in [2.45, 2.75) is 37.6 Å². The van der Waals surface area contributed by atoms with Crippen molar-refractivity contribution in [3.05, 3.63) is 36.7 Å². The second kappa shape index (κ2) is 6.84. The van der Waals surface area contributed by atoms with E-state index < -0.39 is 16.9 Å². The molecule has 5 rings (SSSR count). The third kappa shape index (κ3) is 3.05. The topological polar surface area (TPSA) is 80.6 Å². The molecule has 0 radical (unpaired) electrons. The number of carbonyl (C=O) groups excluding carboxylic acids is 1. The monoisotopic (exact) mass is 405 g/mol. The third-order valence-corrected chi connectivity index (χ3v) is 7.14. The first-order chi connectivity index (χ1) is 13.6. The summed E-state index contributed by atoms with van der Waals surface area (Å²) in [5, 5.41) is 4.01. The van der Waals surface area contributed by atoms with E-state index in [1.807, 2.05) is 0 Å². The van der Waals surface area contributed by atoms with Gasteiger partial charge in [0.2, 0.25) is 0 Å². The molecule has 1 aromatic heterocycles. The van der Waals surface area contributed by atoms with Crippen LogP contribution in [0.25, 0.3) is 0 Å². The average Bonchev–Trinajstić information content (AvgIpc) is 3.35. The van der Waals surface area contributed by atoms with E-state index >= 15 is 0 Å². The van der Waals surface area contributed by atoms with Crippen LogP contribution in [0.1, 0.15) is 12.8 Å². The van der Waals surface area contributed by atoms with Gasteiger partial charge in [0, 0.05) is 34.4 Å². The van der Waals surface area contributed by atoms with Gasteiger partial charge in [-0.3, -0.25) is 9.11 Å². The lowest BCUT2D eigenvalue weighted by Crippen LogP contribution is -2.47. The van der Waals surface area contributed by atoms with Crippen molar-refractivity contribution >= 4 is 28.3 Å². The summed E-state index contributed by atoms with van der Waals surface area (Å²) in [5.74, 6) is 0.829. The second-order valence-corrected chi connectivity index (χ2v) is 8.98. The first kappa shape index (κ1) is 17.6. The smallest absolute Gasteiger partial charge is 0.414 e. The van der Waals surface area contributed by atoms with E-state index in [2.05, 4.69) is 15.0 Å². The van der Waals surface area contributed by atoms with Crippen LogP contribution in [0.2, 0.25) is 0 Å². The summed E-state index contributed by atoms with van der Waals surface area (Å²) >= 11 is 0. The van der Waals surface area contributed by atoms with E-state index in [0.29, 0.717) is 36.0 Å². The fourth-order valence-electron chi connectivity index (χ4n) is 4.42. The highest BCUT2D eigenvalue weighted by molar-refractivity contribution is 7.85. The highest BCUT2D eigenvalue weighted by Gasteiger charge is 2.41. The predicted octanol–water partition coefficient (Wildman–Crippen LogP) is 1.54. The summed E-state index contributed by atoms with van der Waals surface area (Å²) < 4.78 is 33.9. The molecule has 1 aromatic carbocycles. The highest BCUT2D eigenvalue weighted by Crippen LogP contribution is 2.37. The molecular formula is C18H20FN5O3S. The lowest BCUT2D eigenvalue weighted by Gasteiger charge is -2.36. The van der Waals surface area contributed by atoms with Crippen LogP contribution < -0.4 is 9.80 Å². The molecule has 0 saturated carbocycles. The minimum atomic E-state index is -0.813. The van der Waals surface area contributed by atoms with Crippen molar-refractivity contribution in [1.82, 2.24) is 14.8 Å². The molecule has 1 amide bonds. The predicted molar refractivity (Wildman–Crippen MR) is 101 cm³/mol. The molecule has 4 heterocycles. The van der Waals surface area contributed by atoms with Crippen LogP contribution in [0.15, 0.2) is 30.9 Å². The number of carbonyl (C=O) groups is 1. The molecule has 4 atom stereocenters. The standard InChI is InChI=1S/C18H20FN5O3S/c19-16-5-12(23-7-15(27-18(23)25)6-22-11-20-10-21-22)3-4-17(16)24-13-1-2-14(24)9-28(26)8-13/h3-5,10-11,13-15H,1-2,6-9H2/t13-,14?,15+,28?/m1/s1. The fourth-order valence-corrected chi connectivity index (χ4v) is 6.06. The number of fused-ring (bicyclic) bond motifs is 2. The summed E-state index contributed by atoms with van der Waals surface area (Å²) in [4.78, 5) is 19.6. The number of ether oxygens (including phenoxy) is 1. The number of anilines is 2. The number of cyclic esters (lactones) is 1. The Morgan fingerprint density at radius 1 is 1.25 bits per heavy atom. The van der Waals surface area contributed by atoms with Crippen LogP contribution in [-0.4, -0.2) is 61.3 Å². The van der Waals surface area contributed by atoms with Crippen LogP contribution in [0.5, 0.6) is 0 Å². The van der Waals surface area contributed by atoms with E-state index in [1.165, 1.54) is 17.3 Å². The quantitative estimate of drug-likeness (QED) is 0.768. The summed E-state index contributed by atoms with van der Waals surface area (Å²) in [6.45, 7) is 0.725. The zero-order valence-electron chi connectivity index (χ0n) is 15.1. The maximum Gasteiger partial charge on any atom is 0.414 e. The normalized spacial score (nSPS) is 29.4. The molecule has 28 heavy (non-hydrogen) atoms. The number of halogens is 1. The molecule has 0 spiro atoms. The van der Waals surface area contributed by atoms with Crippen molar-refractivity contribution in [1.29, 1.82) is 0 Å². The number of nitrogens with zero attached hydrogens (tertiary/aromatic N) is 5. The van der Waals surface area contributed by atoms with E-state index in [4.69, 9.17) is 4.74 Å². The second-order valence-electron chi connectivity index (χ2n) is 7.44. The maximum absolute atomic E-state index is 15.0. The molecule has 10 heteroatoms. The van der Waals surface area contributed by atoms with Gasteiger partial charge in [-0.1, -0.05) is 0 Å². The Labute approximate surface area is 163 Å². The van der Waals surface area contributed by atoms with Crippen LogP contribution in [0.3, 0.4) is 0 Å². The molecule has 3 aliphatic rings. The first-order valence-corrected chi connectivity index (χ1v) is 10.8. The number of hydrogen-bond acceptors (Lipinski definition) is 6. The minimum absolute atomic E-state index is 0.128. The van der Waals surface area contributed by atoms with Crippen LogP contribution >= 0.6 is 0 Å². The van der Waals surface area contributed by atoms with Crippen LogP contribution in [0.4, 0.5) is 20.6 Å². The lowest BCUT2D eigenvalue weighted by molar-refractivity contribution is 0.129. The van der Waals surface area contributed by atoms with E-state index in [0.717, 1.165) is 12.8 Å². The molecule has 2 bridgehead atoms. The van der Waals surface area contributed by atoms with Gasteiger partial charge < -0.3 is 9.64 Å². The molecule has 3 aliphatic heterocycles. The molecule has 3 saturated heterocycles. The SMILES string of the molecule is O=C1O[C@@H](Cn2cncn2)CN1c1ccc(N2C3CC[C@@H]2CS(=O)C3)c(F)c1. The Bertz CT molecular complexity index is 908. The highest BCUT2D eigenvalue weighted by atomic mass is 32.2. The average molecular weight is 405 g/mol. The molecule has 2 unspecified atom stereocenters. The van der Waals surface area contributed by atoms with Crippen LogP contribution in [0, 0.1) is 5.82 Å². The minimum Gasteiger partial charge on any atom is -0.442 e. The van der Waals surface area contributed by atoms with Crippen molar-refractivity contribution in [3.63, 3.8) is 0 Å². The summed E-state index contributed by atoms with van der Waals surface area (Å²) in [6, 6.07) is 5.12. The Balaban J connectivity index is 1.34. The maximum atomic E-state index is 15.0. The Morgan fingerprint density at radius 2 is 2.04 bits per heavy atom. The summed E-state index contributed by atoms with van der Waals surface area (Å²) in [6.07, 6.45) is 4.01. The van der Waals surface area contributed by atoms with Crippen LogP contribution in [-0.2, 0) is 22.1 Å². The van der Waals surface area contributed by atoms with Gasteiger partial charge >= 0.3 is 6.09 Å². The third-order valence-electron chi connectivity index (χ3n) is 5.63. The lowest BCUT2D eigenvalue weighted by atomic mass is 10.2. The number of hydrogen-bond donors (Lipinski definition) is 0. The van der Waals surface area contributed by atoms with Gasteiger partial charge in [-0.25, -0.2) is 18.9 Å². The fraction of sp³-hybridized carbons (Fsp3) is 0.500. The summed E-state index contributed by atoms with van der Waals surface area (Å²) in [5.41, 5.74) is 1.000. The molecule has 0 aliphatic carbocycles. The van der Waals surface area contributed by atoms with Gasteiger partial charge in [0.25, 0.3) is 0 Å². The van der Waals surface area contributed by atoms with Crippen molar-refractivity contribution < 1.29 is 18.1 Å². The Kier molecular flexibility index (Phi) is 4.30. The zero-order valence-corrected chi connectivity index (χ0v) is 15.9. The number of benzene rings is 1. The largest absolute Gasteiger partial charge is 0.442 e. The first-order valence-electron chi connectivity index (χ1n) is 9.32. The molecule has 8 nitrogen and oxygen atoms in total. The van der Waals surface area contributed by atoms with Gasteiger partial charge in [0.15, 0.2) is 0 Å². The Hall–Kier alpha value is -2.49. The molecular weight excluding hydrogens is 385 g/mol. The molecule has 148 valence electrons. The van der Waals surface area contributed by atoms with Crippen molar-refractivity contribution in [3.8, 4) is 0 Å². The van der Waals surface area contributed by atoms with E-state index in [1.54, 1.807) is 23.1 Å². The van der Waals surface area contributed by atoms with E-state index in [9.17, 15) is 13.4 Å². The summed E-state index contributed by atoms with van der Waals surface area (Å²) in [7, 11) is -0.813. The van der Waals surface area contributed by atoms with Gasteiger partial charge in [0.1, 0.15) is 24.6 Å². The van der Waals surface area contributed by atoms with Gasteiger partial charge in [0.05, 0.1) is 24.5 Å². The molecule has 0 N–H and O–H groups in total. The molecule has 2 aromatic rings. The number of aromatic nitrogens is 3.